The third-order valence-corrected chi connectivity index (χ3v) is 6.63. The molecule has 0 radical (unpaired) electrons. The van der Waals surface area contributed by atoms with Gasteiger partial charge in [-0.1, -0.05) is 11.6 Å². The Morgan fingerprint density at radius 1 is 1.11 bits per heavy atom. The molecular formula is C24H29ClN4O7S. The van der Waals surface area contributed by atoms with E-state index in [1.165, 1.54) is 31.4 Å². The first-order chi connectivity index (χ1) is 17.6. The summed E-state index contributed by atoms with van der Waals surface area (Å²) in [5.74, 6) is 0.765. The average molecular weight is 553 g/mol. The van der Waals surface area contributed by atoms with Crippen molar-refractivity contribution in [2.24, 2.45) is 7.05 Å². The average Bonchev–Trinajstić information content (AvgIpc) is 3.24. The van der Waals surface area contributed by atoms with Crippen LogP contribution in [0.2, 0.25) is 5.02 Å². The van der Waals surface area contributed by atoms with Gasteiger partial charge in [-0.25, -0.2) is 13.1 Å². The predicted molar refractivity (Wildman–Crippen MR) is 138 cm³/mol. The van der Waals surface area contributed by atoms with Gasteiger partial charge in [0.05, 0.1) is 23.1 Å². The van der Waals surface area contributed by atoms with E-state index >= 15 is 0 Å². The van der Waals surface area contributed by atoms with Gasteiger partial charge in [-0.2, -0.15) is 5.10 Å². The van der Waals surface area contributed by atoms with Gasteiger partial charge in [-0.15, -0.1) is 0 Å². The lowest BCUT2D eigenvalue weighted by atomic mass is 10.2. The first-order valence-electron chi connectivity index (χ1n) is 11.2. The summed E-state index contributed by atoms with van der Waals surface area (Å²) in [7, 11) is 0.996. The van der Waals surface area contributed by atoms with Gasteiger partial charge in [0.1, 0.15) is 23.4 Å². The van der Waals surface area contributed by atoms with Crippen molar-refractivity contribution in [2.75, 3.05) is 39.3 Å². The van der Waals surface area contributed by atoms with Crippen LogP contribution in [0.5, 0.6) is 17.2 Å². The van der Waals surface area contributed by atoms with Crippen LogP contribution in [0, 0.1) is 0 Å². The van der Waals surface area contributed by atoms with Gasteiger partial charge in [0, 0.05) is 51.7 Å². The number of methoxy groups -OCH3 is 2. The minimum absolute atomic E-state index is 0.0261. The molecule has 0 fully saturated rings. The Bertz CT molecular complexity index is 1330. The van der Waals surface area contributed by atoms with Gasteiger partial charge in [-0.05, 0) is 37.3 Å². The van der Waals surface area contributed by atoms with Gasteiger partial charge in [0.2, 0.25) is 10.0 Å². The minimum atomic E-state index is -3.78. The lowest BCUT2D eigenvalue weighted by Crippen LogP contribution is -2.27. The molecule has 0 spiro atoms. The van der Waals surface area contributed by atoms with Crippen LogP contribution in [-0.2, 0) is 26.5 Å². The summed E-state index contributed by atoms with van der Waals surface area (Å²) in [6, 6.07) is 10.4. The normalized spacial score (nSPS) is 12.2. The van der Waals surface area contributed by atoms with E-state index in [1.807, 2.05) is 6.92 Å². The highest BCUT2D eigenvalue weighted by Gasteiger charge is 2.18. The highest BCUT2D eigenvalue weighted by atomic mass is 35.5. The smallest absolute Gasteiger partial charge is 0.257 e. The molecule has 200 valence electrons. The van der Waals surface area contributed by atoms with E-state index in [0.717, 1.165) is 0 Å². The molecule has 0 aliphatic heterocycles. The second-order valence-corrected chi connectivity index (χ2v) is 10.2. The quantitative estimate of drug-likeness (QED) is 0.308. The number of aromatic nitrogens is 2. The number of nitrogens with zero attached hydrogens (tertiary/aromatic N) is 2. The molecule has 37 heavy (non-hydrogen) atoms. The number of rotatable bonds is 13. The lowest BCUT2D eigenvalue weighted by Gasteiger charge is -2.16. The third kappa shape index (κ3) is 8.17. The second kappa shape index (κ2) is 12.9. The number of halogens is 1. The molecule has 0 aliphatic carbocycles. The van der Waals surface area contributed by atoms with Gasteiger partial charge >= 0.3 is 0 Å². The molecule has 13 heteroatoms. The molecule has 1 atom stereocenters. The summed E-state index contributed by atoms with van der Waals surface area (Å²) in [4.78, 5) is 12.9. The predicted octanol–water partition coefficient (Wildman–Crippen LogP) is 3.46. The number of amides is 1. The zero-order valence-electron chi connectivity index (χ0n) is 20.9. The standard InChI is InChI=1S/C24H29ClN4O7S/c1-16(15-34-4)35-18-11-17(24(30)27-23-7-9-29(2)28-23)12-19(13-18)36-22-6-5-20(14-21(22)25)37(31,32)26-8-10-33-3/h5-7,9,11-14,16,26H,8,10,15H2,1-4H3,(H,27,28,30). The fraction of sp³-hybridized carbons (Fsp3) is 0.333. The molecule has 3 aromatic rings. The first-order valence-corrected chi connectivity index (χ1v) is 13.0. The van der Waals surface area contributed by atoms with Crippen LogP contribution < -0.4 is 19.5 Å². The number of ether oxygens (including phenoxy) is 4. The maximum absolute atomic E-state index is 12.9. The number of hydrogen-bond acceptors (Lipinski definition) is 8. The van der Waals surface area contributed by atoms with Crippen molar-refractivity contribution >= 4 is 33.3 Å². The molecule has 11 nitrogen and oxygen atoms in total. The minimum Gasteiger partial charge on any atom is -0.488 e. The summed E-state index contributed by atoms with van der Waals surface area (Å²) in [5, 5.41) is 6.93. The number of nitrogens with one attached hydrogen (secondary N) is 2. The number of benzene rings is 2. The van der Waals surface area contributed by atoms with Crippen LogP contribution in [0.1, 0.15) is 17.3 Å². The Kier molecular flexibility index (Phi) is 9.89. The highest BCUT2D eigenvalue weighted by Crippen LogP contribution is 2.34. The Hall–Kier alpha value is -3.16. The fourth-order valence-corrected chi connectivity index (χ4v) is 4.54. The Morgan fingerprint density at radius 3 is 2.51 bits per heavy atom. The van der Waals surface area contributed by atoms with Gasteiger partial charge in [0.15, 0.2) is 5.82 Å². The summed E-state index contributed by atoms with van der Waals surface area (Å²) < 4.78 is 50.7. The maximum atomic E-state index is 12.9. The van der Waals surface area contributed by atoms with E-state index in [0.29, 0.717) is 18.2 Å². The van der Waals surface area contributed by atoms with E-state index in [-0.39, 0.29) is 46.2 Å². The molecule has 0 bridgehead atoms. The highest BCUT2D eigenvalue weighted by molar-refractivity contribution is 7.89. The van der Waals surface area contributed by atoms with Crippen molar-refractivity contribution in [1.82, 2.24) is 14.5 Å². The number of aryl methyl sites for hydroxylation is 1. The van der Waals surface area contributed by atoms with E-state index in [9.17, 15) is 13.2 Å². The SMILES string of the molecule is COCCNS(=O)(=O)c1ccc(Oc2cc(OC(C)COC)cc(C(=O)Nc3ccn(C)n3)c2)c(Cl)c1. The van der Waals surface area contributed by atoms with E-state index in [1.54, 1.807) is 43.2 Å². The van der Waals surface area contributed by atoms with E-state index < -0.39 is 15.9 Å². The van der Waals surface area contributed by atoms with Gasteiger partial charge in [0.25, 0.3) is 5.91 Å². The van der Waals surface area contributed by atoms with Gasteiger partial charge in [-0.3, -0.25) is 9.48 Å². The summed E-state index contributed by atoms with van der Waals surface area (Å²) in [6.45, 7) is 2.50. The van der Waals surface area contributed by atoms with Crippen molar-refractivity contribution in [3.8, 4) is 17.2 Å². The molecule has 1 heterocycles. The number of anilines is 1. The Balaban J connectivity index is 1.87. The topological polar surface area (TPSA) is 130 Å². The summed E-state index contributed by atoms with van der Waals surface area (Å²) in [5.41, 5.74) is 0.250. The van der Waals surface area contributed by atoms with E-state index in [4.69, 9.17) is 30.5 Å². The summed E-state index contributed by atoms with van der Waals surface area (Å²) >= 11 is 6.34. The molecule has 2 aromatic carbocycles. The van der Waals surface area contributed by atoms with Crippen molar-refractivity contribution in [3.63, 3.8) is 0 Å². The number of carbonyl (C=O) groups is 1. The maximum Gasteiger partial charge on any atom is 0.257 e. The summed E-state index contributed by atoms with van der Waals surface area (Å²) in [6.07, 6.45) is 1.40. The molecule has 0 saturated heterocycles. The van der Waals surface area contributed by atoms with Crippen molar-refractivity contribution in [3.05, 3.63) is 59.2 Å². The monoisotopic (exact) mass is 552 g/mol. The first kappa shape index (κ1) is 28.4. The molecule has 3 rings (SSSR count). The zero-order valence-corrected chi connectivity index (χ0v) is 22.4. The Labute approximate surface area is 220 Å². The van der Waals surface area contributed by atoms with Crippen molar-refractivity contribution in [1.29, 1.82) is 0 Å². The second-order valence-electron chi connectivity index (χ2n) is 7.99. The lowest BCUT2D eigenvalue weighted by molar-refractivity contribution is 0.0915. The largest absolute Gasteiger partial charge is 0.488 e. The molecule has 0 saturated carbocycles. The fourth-order valence-electron chi connectivity index (χ4n) is 3.22. The van der Waals surface area contributed by atoms with E-state index in [2.05, 4.69) is 15.1 Å². The molecular weight excluding hydrogens is 524 g/mol. The molecule has 1 amide bonds. The van der Waals surface area contributed by atoms with Gasteiger partial charge < -0.3 is 24.3 Å². The van der Waals surface area contributed by atoms with Crippen LogP contribution in [0.25, 0.3) is 0 Å². The van der Waals surface area contributed by atoms with Crippen LogP contribution in [0.3, 0.4) is 0 Å². The third-order valence-electron chi connectivity index (χ3n) is 4.88. The zero-order chi connectivity index (χ0) is 27.0. The van der Waals surface area contributed by atoms with Crippen molar-refractivity contribution < 1.29 is 32.2 Å². The molecule has 0 aliphatic rings. The molecule has 1 aromatic heterocycles. The number of sulfonamides is 1. The molecule has 2 N–H and O–H groups in total. The van der Waals surface area contributed by atoms with Crippen LogP contribution in [0.15, 0.2) is 53.6 Å². The molecule has 1 unspecified atom stereocenters. The van der Waals surface area contributed by atoms with Crippen LogP contribution in [0.4, 0.5) is 5.82 Å². The van der Waals surface area contributed by atoms with Crippen LogP contribution in [-0.4, -0.2) is 64.2 Å². The Morgan fingerprint density at radius 2 is 1.86 bits per heavy atom. The number of carbonyl (C=O) groups excluding carboxylic acids is 1. The van der Waals surface area contributed by atoms with Crippen molar-refractivity contribution in [2.45, 2.75) is 17.9 Å². The van der Waals surface area contributed by atoms with Crippen LogP contribution >= 0.6 is 11.6 Å². The number of hydrogen-bond donors (Lipinski definition) is 2.